The van der Waals surface area contributed by atoms with E-state index in [-0.39, 0.29) is 0 Å². The van der Waals surface area contributed by atoms with Crippen LogP contribution in [0.2, 0.25) is 0 Å². The van der Waals surface area contributed by atoms with Crippen molar-refractivity contribution < 1.29 is 9.47 Å². The third-order valence-electron chi connectivity index (χ3n) is 2.45. The van der Waals surface area contributed by atoms with Crippen molar-refractivity contribution in [3.63, 3.8) is 0 Å². The third-order valence-corrected chi connectivity index (χ3v) is 3.25. The molecule has 0 saturated carbocycles. The van der Waals surface area contributed by atoms with Crippen molar-refractivity contribution in [3.05, 3.63) is 0 Å². The molecule has 1 aliphatic heterocycles. The summed E-state index contributed by atoms with van der Waals surface area (Å²) in [6.07, 6.45) is 1.11. The molecule has 0 spiro atoms. The Bertz CT molecular complexity index is 323. The molecular formula is C9H15N3O2S. The predicted octanol–water partition coefficient (Wildman–Crippen LogP) is 1.18. The topological polar surface area (TPSA) is 69.4 Å². The summed E-state index contributed by atoms with van der Waals surface area (Å²) in [4.78, 5) is 0. The molecule has 84 valence electrons. The van der Waals surface area contributed by atoms with E-state index in [0.29, 0.717) is 17.5 Å². The Morgan fingerprint density at radius 3 is 3.27 bits per heavy atom. The van der Waals surface area contributed by atoms with E-state index in [4.69, 9.17) is 15.2 Å². The van der Waals surface area contributed by atoms with Crippen LogP contribution in [-0.4, -0.2) is 31.2 Å². The van der Waals surface area contributed by atoms with E-state index in [9.17, 15) is 0 Å². The van der Waals surface area contributed by atoms with E-state index < -0.39 is 0 Å². The number of nitrogen functional groups attached to an aromatic ring is 1. The molecule has 15 heavy (non-hydrogen) atoms. The van der Waals surface area contributed by atoms with E-state index in [2.05, 4.69) is 9.69 Å². The largest absolute Gasteiger partial charge is 0.490 e. The lowest BCUT2D eigenvalue weighted by atomic mass is 10.1. The summed E-state index contributed by atoms with van der Waals surface area (Å²) in [6.45, 7) is 2.59. The van der Waals surface area contributed by atoms with Gasteiger partial charge in [0.2, 0.25) is 0 Å². The Balaban J connectivity index is 1.92. The van der Waals surface area contributed by atoms with E-state index in [1.165, 1.54) is 11.5 Å². The molecular weight excluding hydrogens is 214 g/mol. The molecule has 1 aromatic heterocycles. The van der Waals surface area contributed by atoms with Crippen LogP contribution in [0, 0.1) is 5.92 Å². The summed E-state index contributed by atoms with van der Waals surface area (Å²) in [5.74, 6) is 1.68. The second kappa shape index (κ2) is 4.67. The van der Waals surface area contributed by atoms with E-state index in [1.807, 2.05) is 0 Å². The summed E-state index contributed by atoms with van der Waals surface area (Å²) in [7, 11) is 1.60. The monoisotopic (exact) mass is 229 g/mol. The second-order valence-electron chi connectivity index (χ2n) is 3.54. The molecule has 0 amide bonds. The van der Waals surface area contributed by atoms with Gasteiger partial charge in [-0.1, -0.05) is 0 Å². The molecule has 1 aromatic rings. The van der Waals surface area contributed by atoms with Crippen LogP contribution >= 0.6 is 11.5 Å². The summed E-state index contributed by atoms with van der Waals surface area (Å²) < 4.78 is 14.5. The van der Waals surface area contributed by atoms with Crippen LogP contribution in [0.4, 0.5) is 10.8 Å². The Kier molecular flexibility index (Phi) is 3.27. The number of methoxy groups -OCH3 is 1. The standard InChI is InChI=1S/C9H15N3O2S/c1-13-7-8(10)12-15-9(7)11-4-6-2-3-14-5-6/h6,11H,2-5H2,1H3,(H2,10,12). The highest BCUT2D eigenvalue weighted by molar-refractivity contribution is 7.11. The Morgan fingerprint density at radius 1 is 1.73 bits per heavy atom. The summed E-state index contributed by atoms with van der Waals surface area (Å²) in [6, 6.07) is 0. The number of hydrogen-bond donors (Lipinski definition) is 2. The number of nitrogens with two attached hydrogens (primary N) is 1. The maximum atomic E-state index is 5.65. The van der Waals surface area contributed by atoms with Gasteiger partial charge in [-0.25, -0.2) is 0 Å². The third kappa shape index (κ3) is 2.32. The molecule has 3 N–H and O–H groups in total. The van der Waals surface area contributed by atoms with Gasteiger partial charge in [-0.15, -0.1) is 0 Å². The zero-order valence-electron chi connectivity index (χ0n) is 8.66. The molecule has 0 radical (unpaired) electrons. The first-order valence-electron chi connectivity index (χ1n) is 4.92. The molecule has 1 unspecified atom stereocenters. The molecule has 6 heteroatoms. The molecule has 1 aliphatic rings. The smallest absolute Gasteiger partial charge is 0.197 e. The minimum Gasteiger partial charge on any atom is -0.490 e. The zero-order chi connectivity index (χ0) is 10.7. The SMILES string of the molecule is COc1c(N)nsc1NCC1CCOC1. The van der Waals surface area contributed by atoms with Gasteiger partial charge in [-0.05, 0) is 18.0 Å². The van der Waals surface area contributed by atoms with Crippen molar-refractivity contribution in [2.45, 2.75) is 6.42 Å². The molecule has 0 aromatic carbocycles. The van der Waals surface area contributed by atoms with Crippen LogP contribution in [0.1, 0.15) is 6.42 Å². The zero-order valence-corrected chi connectivity index (χ0v) is 9.47. The van der Waals surface area contributed by atoms with Crippen molar-refractivity contribution in [1.29, 1.82) is 0 Å². The number of nitrogens with one attached hydrogen (secondary N) is 1. The lowest BCUT2D eigenvalue weighted by Crippen LogP contribution is -2.13. The fourth-order valence-corrected chi connectivity index (χ4v) is 2.28. The van der Waals surface area contributed by atoms with Gasteiger partial charge in [0, 0.05) is 19.1 Å². The van der Waals surface area contributed by atoms with Gasteiger partial charge >= 0.3 is 0 Å². The first-order valence-corrected chi connectivity index (χ1v) is 5.69. The van der Waals surface area contributed by atoms with Crippen molar-refractivity contribution in [3.8, 4) is 5.75 Å². The quantitative estimate of drug-likeness (QED) is 0.811. The van der Waals surface area contributed by atoms with Crippen molar-refractivity contribution >= 4 is 22.4 Å². The highest BCUT2D eigenvalue weighted by Crippen LogP contribution is 2.34. The number of aromatic nitrogens is 1. The highest BCUT2D eigenvalue weighted by Gasteiger charge is 2.17. The lowest BCUT2D eigenvalue weighted by Gasteiger charge is -2.09. The van der Waals surface area contributed by atoms with E-state index in [1.54, 1.807) is 7.11 Å². The Morgan fingerprint density at radius 2 is 2.60 bits per heavy atom. The minimum absolute atomic E-state index is 0.452. The summed E-state index contributed by atoms with van der Waals surface area (Å²) in [5, 5.41) is 4.20. The first kappa shape index (κ1) is 10.5. The minimum atomic E-state index is 0.452. The van der Waals surface area contributed by atoms with E-state index >= 15 is 0 Å². The maximum Gasteiger partial charge on any atom is 0.197 e. The normalized spacial score (nSPS) is 20.5. The van der Waals surface area contributed by atoms with E-state index in [0.717, 1.165) is 31.2 Å². The number of ether oxygens (including phenoxy) is 2. The van der Waals surface area contributed by atoms with Gasteiger partial charge in [0.25, 0.3) is 0 Å². The fraction of sp³-hybridized carbons (Fsp3) is 0.667. The first-order chi connectivity index (χ1) is 7.31. The average molecular weight is 229 g/mol. The summed E-state index contributed by atoms with van der Waals surface area (Å²) in [5.41, 5.74) is 5.65. The van der Waals surface area contributed by atoms with Gasteiger partial charge in [-0.2, -0.15) is 4.37 Å². The molecule has 0 bridgehead atoms. The number of rotatable bonds is 4. The van der Waals surface area contributed by atoms with Crippen LogP contribution in [0.3, 0.4) is 0 Å². The predicted molar refractivity (Wildman–Crippen MR) is 60.5 cm³/mol. The van der Waals surface area contributed by atoms with Gasteiger partial charge in [0.05, 0.1) is 13.7 Å². The fourth-order valence-electron chi connectivity index (χ4n) is 1.59. The molecule has 1 fully saturated rings. The van der Waals surface area contributed by atoms with Crippen LogP contribution in [0.5, 0.6) is 5.75 Å². The maximum absolute atomic E-state index is 5.65. The highest BCUT2D eigenvalue weighted by atomic mass is 32.1. The number of anilines is 2. The van der Waals surface area contributed by atoms with Crippen molar-refractivity contribution in [2.75, 3.05) is 37.9 Å². The molecule has 5 nitrogen and oxygen atoms in total. The van der Waals surface area contributed by atoms with Crippen LogP contribution in [0.25, 0.3) is 0 Å². The molecule has 2 heterocycles. The molecule has 2 rings (SSSR count). The van der Waals surface area contributed by atoms with Gasteiger partial charge in [0.15, 0.2) is 16.6 Å². The Labute approximate surface area is 92.7 Å². The molecule has 1 saturated heterocycles. The van der Waals surface area contributed by atoms with Gasteiger partial charge < -0.3 is 20.5 Å². The van der Waals surface area contributed by atoms with Crippen LogP contribution in [0.15, 0.2) is 0 Å². The van der Waals surface area contributed by atoms with Gasteiger partial charge in [0.1, 0.15) is 0 Å². The van der Waals surface area contributed by atoms with Gasteiger partial charge in [-0.3, -0.25) is 0 Å². The second-order valence-corrected chi connectivity index (χ2v) is 4.31. The van der Waals surface area contributed by atoms with Crippen molar-refractivity contribution in [2.24, 2.45) is 5.92 Å². The molecule has 0 aliphatic carbocycles. The summed E-state index contributed by atoms with van der Waals surface area (Å²) >= 11 is 1.33. The Hall–Kier alpha value is -1.01. The molecule has 1 atom stereocenters. The average Bonchev–Trinajstić information content (AvgIpc) is 2.84. The number of hydrogen-bond acceptors (Lipinski definition) is 6. The number of nitrogens with zero attached hydrogens (tertiary/aromatic N) is 1. The van der Waals surface area contributed by atoms with Crippen LogP contribution < -0.4 is 15.8 Å². The van der Waals surface area contributed by atoms with Crippen LogP contribution in [-0.2, 0) is 4.74 Å². The lowest BCUT2D eigenvalue weighted by molar-refractivity contribution is 0.187. The van der Waals surface area contributed by atoms with Crippen molar-refractivity contribution in [1.82, 2.24) is 4.37 Å².